The maximum absolute atomic E-state index is 6.22. The summed E-state index contributed by atoms with van der Waals surface area (Å²) in [6, 6.07) is 29.2. The average Bonchev–Trinajstić information content (AvgIpc) is 2.72. The molecule has 1 N–H and O–H groups in total. The highest BCUT2D eigenvalue weighted by Gasteiger charge is 2.10. The molecular formula is C25H22BrNO. The zero-order chi connectivity index (χ0) is 19.3. The van der Waals surface area contributed by atoms with Gasteiger partial charge in [-0.1, -0.05) is 76.6 Å². The normalized spacial score (nSPS) is 10.8. The third-order valence-electron chi connectivity index (χ3n) is 4.88. The number of nitrogens with one attached hydrogen (secondary N) is 1. The zero-order valence-corrected chi connectivity index (χ0v) is 17.4. The molecule has 4 rings (SSSR count). The van der Waals surface area contributed by atoms with E-state index in [0.717, 1.165) is 15.9 Å². The van der Waals surface area contributed by atoms with E-state index in [4.69, 9.17) is 4.74 Å². The van der Waals surface area contributed by atoms with E-state index in [-0.39, 0.29) is 0 Å². The molecule has 0 saturated heterocycles. The van der Waals surface area contributed by atoms with Crippen molar-refractivity contribution in [3.63, 3.8) is 0 Å². The first-order valence-electron chi connectivity index (χ1n) is 9.38. The molecule has 0 heterocycles. The Bertz CT molecular complexity index is 1090. The van der Waals surface area contributed by atoms with Gasteiger partial charge in [-0.3, -0.25) is 0 Å². The highest BCUT2D eigenvalue weighted by Crippen LogP contribution is 2.30. The minimum Gasteiger partial charge on any atom is -0.489 e. The molecule has 0 aliphatic carbocycles. The molecule has 0 amide bonds. The summed E-state index contributed by atoms with van der Waals surface area (Å²) in [5.74, 6) is 0.921. The van der Waals surface area contributed by atoms with Crippen LogP contribution in [0.1, 0.15) is 16.7 Å². The minimum absolute atomic E-state index is 0.559. The summed E-state index contributed by atoms with van der Waals surface area (Å²) in [5, 5.41) is 6.03. The van der Waals surface area contributed by atoms with E-state index >= 15 is 0 Å². The van der Waals surface area contributed by atoms with Gasteiger partial charge in [0, 0.05) is 22.3 Å². The van der Waals surface area contributed by atoms with E-state index in [2.05, 4.69) is 94.9 Å². The van der Waals surface area contributed by atoms with Crippen LogP contribution in [-0.2, 0) is 13.2 Å². The Balaban J connectivity index is 1.63. The number of hydrogen-bond acceptors (Lipinski definition) is 2. The molecule has 3 heteroatoms. The predicted molar refractivity (Wildman–Crippen MR) is 121 cm³/mol. The Morgan fingerprint density at radius 1 is 0.857 bits per heavy atom. The molecular weight excluding hydrogens is 410 g/mol. The van der Waals surface area contributed by atoms with Crippen LogP contribution < -0.4 is 10.1 Å². The van der Waals surface area contributed by atoms with Gasteiger partial charge in [0.25, 0.3) is 0 Å². The van der Waals surface area contributed by atoms with Crippen molar-refractivity contribution >= 4 is 32.4 Å². The van der Waals surface area contributed by atoms with Crippen LogP contribution in [0.25, 0.3) is 10.8 Å². The van der Waals surface area contributed by atoms with Crippen molar-refractivity contribution in [3.8, 4) is 5.75 Å². The Hall–Kier alpha value is -2.78. The molecule has 0 aliphatic rings. The number of fused-ring (bicyclic) bond motifs is 1. The third-order valence-corrected chi connectivity index (χ3v) is 5.37. The van der Waals surface area contributed by atoms with Gasteiger partial charge in [-0.2, -0.15) is 0 Å². The molecule has 0 aromatic heterocycles. The average molecular weight is 432 g/mol. The molecule has 0 saturated carbocycles. The lowest BCUT2D eigenvalue weighted by molar-refractivity contribution is 0.304. The molecule has 4 aromatic rings. The lowest BCUT2D eigenvalue weighted by atomic mass is 10.0. The number of ether oxygens (including phenoxy) is 1. The van der Waals surface area contributed by atoms with E-state index in [1.807, 2.05) is 18.2 Å². The quantitative estimate of drug-likeness (QED) is 0.351. The molecule has 0 spiro atoms. The largest absolute Gasteiger partial charge is 0.489 e. The molecule has 0 radical (unpaired) electrons. The summed E-state index contributed by atoms with van der Waals surface area (Å²) in [6.45, 7) is 3.38. The van der Waals surface area contributed by atoms with Crippen molar-refractivity contribution in [2.45, 2.75) is 20.1 Å². The number of benzene rings is 4. The summed E-state index contributed by atoms with van der Waals surface area (Å²) in [6.07, 6.45) is 0. The molecule has 2 nitrogen and oxygen atoms in total. The smallest absolute Gasteiger partial charge is 0.125 e. The number of hydrogen-bond donors (Lipinski definition) is 1. The van der Waals surface area contributed by atoms with E-state index in [0.29, 0.717) is 13.2 Å². The van der Waals surface area contributed by atoms with Gasteiger partial charge in [0.1, 0.15) is 12.4 Å². The van der Waals surface area contributed by atoms with Gasteiger partial charge in [-0.05, 0) is 53.1 Å². The van der Waals surface area contributed by atoms with Crippen LogP contribution in [0.4, 0.5) is 5.69 Å². The topological polar surface area (TPSA) is 21.3 Å². The molecule has 0 atom stereocenters. The number of anilines is 1. The highest BCUT2D eigenvalue weighted by molar-refractivity contribution is 9.10. The lowest BCUT2D eigenvalue weighted by Crippen LogP contribution is -2.05. The van der Waals surface area contributed by atoms with Crippen LogP contribution in [0.5, 0.6) is 5.75 Å². The Morgan fingerprint density at radius 2 is 1.64 bits per heavy atom. The first-order valence-corrected chi connectivity index (χ1v) is 10.2. The standard InChI is InChI=1S/C25H22BrNO/c1-18-15-21(26)12-13-24(18)27-16-23-22-10-6-5-9-20(22)11-14-25(23)28-17-19-7-3-2-4-8-19/h2-15,27H,16-17H2,1H3. The van der Waals surface area contributed by atoms with Gasteiger partial charge in [0.2, 0.25) is 0 Å². The fraction of sp³-hybridized carbons (Fsp3) is 0.120. The van der Waals surface area contributed by atoms with Crippen molar-refractivity contribution in [1.29, 1.82) is 0 Å². The second-order valence-corrected chi connectivity index (χ2v) is 7.77. The lowest BCUT2D eigenvalue weighted by Gasteiger charge is -2.17. The molecule has 0 unspecified atom stereocenters. The van der Waals surface area contributed by atoms with E-state index in [9.17, 15) is 0 Å². The van der Waals surface area contributed by atoms with Gasteiger partial charge in [-0.15, -0.1) is 0 Å². The maximum atomic E-state index is 6.22. The van der Waals surface area contributed by atoms with E-state index < -0.39 is 0 Å². The van der Waals surface area contributed by atoms with E-state index in [1.54, 1.807) is 0 Å². The van der Waals surface area contributed by atoms with Crippen LogP contribution in [0.2, 0.25) is 0 Å². The summed E-state index contributed by atoms with van der Waals surface area (Å²) in [7, 11) is 0. The van der Waals surface area contributed by atoms with Crippen LogP contribution in [-0.4, -0.2) is 0 Å². The Morgan fingerprint density at radius 3 is 2.46 bits per heavy atom. The maximum Gasteiger partial charge on any atom is 0.125 e. The van der Waals surface area contributed by atoms with Gasteiger partial charge in [-0.25, -0.2) is 0 Å². The summed E-state index contributed by atoms with van der Waals surface area (Å²) >= 11 is 3.53. The second-order valence-electron chi connectivity index (χ2n) is 6.85. The summed E-state index contributed by atoms with van der Waals surface area (Å²) < 4.78 is 7.31. The van der Waals surface area contributed by atoms with E-state index in [1.165, 1.54) is 27.5 Å². The fourth-order valence-electron chi connectivity index (χ4n) is 3.38. The fourth-order valence-corrected chi connectivity index (χ4v) is 3.85. The molecule has 0 fully saturated rings. The molecule has 0 aliphatic heterocycles. The van der Waals surface area contributed by atoms with Gasteiger partial charge in [0.05, 0.1) is 0 Å². The van der Waals surface area contributed by atoms with Crippen molar-refractivity contribution in [1.82, 2.24) is 0 Å². The summed E-state index contributed by atoms with van der Waals surface area (Å²) in [4.78, 5) is 0. The molecule has 140 valence electrons. The minimum atomic E-state index is 0.559. The Labute approximate surface area is 174 Å². The molecule has 28 heavy (non-hydrogen) atoms. The van der Waals surface area contributed by atoms with Crippen LogP contribution in [0, 0.1) is 6.92 Å². The SMILES string of the molecule is Cc1cc(Br)ccc1NCc1c(OCc2ccccc2)ccc2ccccc12. The summed E-state index contributed by atoms with van der Waals surface area (Å²) in [5.41, 5.74) is 4.68. The monoisotopic (exact) mass is 431 g/mol. The third kappa shape index (κ3) is 4.20. The first kappa shape index (κ1) is 18.6. The van der Waals surface area contributed by atoms with Gasteiger partial charge < -0.3 is 10.1 Å². The predicted octanol–water partition coefficient (Wildman–Crippen LogP) is 7.10. The van der Waals surface area contributed by atoms with Crippen molar-refractivity contribution < 1.29 is 4.74 Å². The molecule has 0 bridgehead atoms. The number of aryl methyl sites for hydroxylation is 1. The van der Waals surface area contributed by atoms with Crippen LogP contribution in [0.15, 0.2) is 89.4 Å². The van der Waals surface area contributed by atoms with Crippen LogP contribution in [0.3, 0.4) is 0 Å². The zero-order valence-electron chi connectivity index (χ0n) is 15.8. The van der Waals surface area contributed by atoms with Crippen molar-refractivity contribution in [2.24, 2.45) is 0 Å². The second kappa shape index (κ2) is 8.49. The number of halogens is 1. The molecule has 4 aromatic carbocycles. The van der Waals surface area contributed by atoms with Gasteiger partial charge in [0.15, 0.2) is 0 Å². The number of rotatable bonds is 6. The van der Waals surface area contributed by atoms with Gasteiger partial charge >= 0.3 is 0 Å². The van der Waals surface area contributed by atoms with Crippen LogP contribution >= 0.6 is 15.9 Å². The van der Waals surface area contributed by atoms with Crippen molar-refractivity contribution in [2.75, 3.05) is 5.32 Å². The van der Waals surface area contributed by atoms with Crippen molar-refractivity contribution in [3.05, 3.63) is 106 Å². The highest BCUT2D eigenvalue weighted by atomic mass is 79.9. The first-order chi connectivity index (χ1) is 13.7. The Kier molecular flexibility index (Phi) is 5.63.